The fourth-order valence-corrected chi connectivity index (χ4v) is 3.97. The normalized spacial score (nSPS) is 11.9. The van der Waals surface area contributed by atoms with Gasteiger partial charge in [-0.2, -0.15) is 0 Å². The van der Waals surface area contributed by atoms with Gasteiger partial charge in [0, 0.05) is 18.7 Å². The molecule has 0 fully saturated rings. The Morgan fingerprint density at radius 3 is 2.06 bits per heavy atom. The molecule has 0 aromatic heterocycles. The van der Waals surface area contributed by atoms with E-state index in [1.807, 2.05) is 24.3 Å². The van der Waals surface area contributed by atoms with Crippen molar-refractivity contribution in [2.24, 2.45) is 0 Å². The maximum atomic E-state index is 12.9. The van der Waals surface area contributed by atoms with Gasteiger partial charge in [-0.25, -0.2) is 0 Å². The Kier molecular flexibility index (Phi) is 13.1. The lowest BCUT2D eigenvalue weighted by Gasteiger charge is -2.19. The van der Waals surface area contributed by atoms with Gasteiger partial charge in [-0.15, -0.1) is 0 Å². The van der Waals surface area contributed by atoms with E-state index in [4.69, 9.17) is 0 Å². The van der Waals surface area contributed by atoms with E-state index in [0.29, 0.717) is 19.5 Å². The van der Waals surface area contributed by atoms with Gasteiger partial charge in [0.1, 0.15) is 11.5 Å². The van der Waals surface area contributed by atoms with Crippen LogP contribution in [0.3, 0.4) is 0 Å². The molecule has 4 N–H and O–H groups in total. The highest BCUT2D eigenvalue weighted by molar-refractivity contribution is 5.82. The summed E-state index contributed by atoms with van der Waals surface area (Å²) in [5, 5.41) is 25.9. The van der Waals surface area contributed by atoms with Crippen LogP contribution in [0, 0.1) is 0 Å². The molecular weight excluding hydrogens is 412 g/mol. The first kappa shape index (κ1) is 26.7. The van der Waals surface area contributed by atoms with Crippen molar-refractivity contribution in [1.82, 2.24) is 10.6 Å². The summed E-state index contributed by atoms with van der Waals surface area (Å²) in [4.78, 5) is 12.9. The van der Waals surface area contributed by atoms with Gasteiger partial charge >= 0.3 is 0 Å². The van der Waals surface area contributed by atoms with Gasteiger partial charge in [-0.05, 0) is 36.6 Å². The standard InChI is InChI=1S/C28H42N2O3/c1-2-3-4-5-6-7-8-9-10-13-20-29-28(33)26(21-23-16-18-25(31)19-17-23)30-22-24-14-11-12-15-27(24)32/h11-12,14-19,26,30-32H,2-10,13,20-22H2,1H3,(H,29,33)/t26-/m0/s1. The second-order valence-corrected chi connectivity index (χ2v) is 8.91. The Balaban J connectivity index is 1.73. The smallest absolute Gasteiger partial charge is 0.237 e. The number of nitrogens with one attached hydrogen (secondary N) is 2. The lowest BCUT2D eigenvalue weighted by atomic mass is 10.0. The monoisotopic (exact) mass is 454 g/mol. The molecule has 0 spiro atoms. The van der Waals surface area contributed by atoms with E-state index in [1.165, 1.54) is 51.4 Å². The number of carbonyl (C=O) groups excluding carboxylic acids is 1. The summed E-state index contributed by atoms with van der Waals surface area (Å²) in [5.41, 5.74) is 1.73. The Bertz CT molecular complexity index is 792. The van der Waals surface area contributed by atoms with Crippen molar-refractivity contribution < 1.29 is 15.0 Å². The minimum absolute atomic E-state index is 0.0329. The van der Waals surface area contributed by atoms with Crippen molar-refractivity contribution >= 4 is 5.91 Å². The maximum absolute atomic E-state index is 12.9. The van der Waals surface area contributed by atoms with Crippen molar-refractivity contribution in [2.75, 3.05) is 6.54 Å². The molecule has 2 rings (SSSR count). The number of aromatic hydroxyl groups is 2. The van der Waals surface area contributed by atoms with Gasteiger partial charge in [0.2, 0.25) is 5.91 Å². The molecule has 2 aromatic rings. The second-order valence-electron chi connectivity index (χ2n) is 8.91. The molecule has 0 aliphatic rings. The number of para-hydroxylation sites is 1. The first-order chi connectivity index (χ1) is 16.1. The van der Waals surface area contributed by atoms with Gasteiger partial charge in [0.25, 0.3) is 0 Å². The van der Waals surface area contributed by atoms with Gasteiger partial charge in [0.05, 0.1) is 6.04 Å². The molecule has 2 aromatic carbocycles. The first-order valence-electron chi connectivity index (χ1n) is 12.7. The number of amides is 1. The fourth-order valence-electron chi connectivity index (χ4n) is 3.97. The minimum Gasteiger partial charge on any atom is -0.508 e. The van der Waals surface area contributed by atoms with Crippen molar-refractivity contribution in [3.63, 3.8) is 0 Å². The third-order valence-corrected chi connectivity index (χ3v) is 6.05. The van der Waals surface area contributed by atoms with Crippen molar-refractivity contribution in [3.05, 3.63) is 59.7 Å². The third-order valence-electron chi connectivity index (χ3n) is 6.05. The van der Waals surface area contributed by atoms with Crippen LogP contribution in [-0.4, -0.2) is 28.7 Å². The molecule has 0 saturated heterocycles. The zero-order valence-electron chi connectivity index (χ0n) is 20.2. The molecule has 0 saturated carbocycles. The average Bonchev–Trinajstić information content (AvgIpc) is 2.82. The van der Waals surface area contributed by atoms with Crippen LogP contribution in [0.1, 0.15) is 82.3 Å². The minimum atomic E-state index is -0.419. The van der Waals surface area contributed by atoms with E-state index in [-0.39, 0.29) is 17.4 Å². The zero-order valence-corrected chi connectivity index (χ0v) is 20.2. The van der Waals surface area contributed by atoms with Crippen LogP contribution in [0.25, 0.3) is 0 Å². The molecule has 182 valence electrons. The van der Waals surface area contributed by atoms with Crippen LogP contribution in [0.4, 0.5) is 0 Å². The molecular formula is C28H42N2O3. The molecule has 5 heteroatoms. The Morgan fingerprint density at radius 1 is 0.818 bits per heavy atom. The van der Waals surface area contributed by atoms with Crippen LogP contribution >= 0.6 is 0 Å². The van der Waals surface area contributed by atoms with Gasteiger partial charge in [-0.3, -0.25) is 4.79 Å². The first-order valence-corrected chi connectivity index (χ1v) is 12.7. The SMILES string of the molecule is CCCCCCCCCCCCNC(=O)[C@H](Cc1ccc(O)cc1)NCc1ccccc1O. The quantitative estimate of drug-likeness (QED) is 0.227. The molecule has 0 unspecified atom stereocenters. The maximum Gasteiger partial charge on any atom is 0.237 e. The van der Waals surface area contributed by atoms with Crippen LogP contribution in [0.2, 0.25) is 0 Å². The van der Waals surface area contributed by atoms with E-state index in [1.54, 1.807) is 24.3 Å². The van der Waals surface area contributed by atoms with Crippen LogP contribution in [-0.2, 0) is 17.8 Å². The van der Waals surface area contributed by atoms with E-state index in [2.05, 4.69) is 17.6 Å². The number of hydrogen-bond acceptors (Lipinski definition) is 4. The summed E-state index contributed by atoms with van der Waals surface area (Å²) >= 11 is 0. The molecule has 1 amide bonds. The van der Waals surface area contributed by atoms with Gasteiger partial charge < -0.3 is 20.8 Å². The van der Waals surface area contributed by atoms with E-state index < -0.39 is 6.04 Å². The number of phenols is 2. The summed E-state index contributed by atoms with van der Waals surface area (Å²) in [5.74, 6) is 0.399. The van der Waals surface area contributed by atoms with Crippen molar-refractivity contribution in [1.29, 1.82) is 0 Å². The predicted molar refractivity (Wildman–Crippen MR) is 135 cm³/mol. The van der Waals surface area contributed by atoms with E-state index in [0.717, 1.165) is 24.0 Å². The number of rotatable bonds is 17. The lowest BCUT2D eigenvalue weighted by Crippen LogP contribution is -2.45. The number of carbonyl (C=O) groups is 1. The highest BCUT2D eigenvalue weighted by atomic mass is 16.3. The van der Waals surface area contributed by atoms with Crippen LogP contribution in [0.15, 0.2) is 48.5 Å². The Labute approximate surface area is 199 Å². The van der Waals surface area contributed by atoms with Gasteiger partial charge in [-0.1, -0.05) is 95.0 Å². The molecule has 5 nitrogen and oxygen atoms in total. The fraction of sp³-hybridized carbons (Fsp3) is 0.536. The summed E-state index contributed by atoms with van der Waals surface area (Å²) in [6, 6.07) is 13.7. The summed E-state index contributed by atoms with van der Waals surface area (Å²) in [6.45, 7) is 3.33. The number of hydrogen-bond donors (Lipinski definition) is 4. The topological polar surface area (TPSA) is 81.6 Å². The molecule has 0 heterocycles. The summed E-state index contributed by atoms with van der Waals surface area (Å²) in [6.07, 6.45) is 13.2. The van der Waals surface area contributed by atoms with Gasteiger partial charge in [0.15, 0.2) is 0 Å². The van der Waals surface area contributed by atoms with E-state index in [9.17, 15) is 15.0 Å². The molecule has 33 heavy (non-hydrogen) atoms. The van der Waals surface area contributed by atoms with Crippen molar-refractivity contribution in [3.8, 4) is 11.5 Å². The molecule has 1 atom stereocenters. The van der Waals surface area contributed by atoms with Crippen LogP contribution < -0.4 is 10.6 Å². The number of benzene rings is 2. The summed E-state index contributed by atoms with van der Waals surface area (Å²) < 4.78 is 0. The molecule has 0 aliphatic heterocycles. The molecule has 0 radical (unpaired) electrons. The third kappa shape index (κ3) is 11.2. The molecule has 0 aliphatic carbocycles. The Hall–Kier alpha value is -2.53. The second kappa shape index (κ2) is 16.1. The summed E-state index contributed by atoms with van der Waals surface area (Å²) in [7, 11) is 0. The van der Waals surface area contributed by atoms with E-state index >= 15 is 0 Å². The highest BCUT2D eigenvalue weighted by Crippen LogP contribution is 2.16. The lowest BCUT2D eigenvalue weighted by molar-refractivity contribution is -0.123. The average molecular weight is 455 g/mol. The van der Waals surface area contributed by atoms with Crippen molar-refractivity contribution in [2.45, 2.75) is 90.1 Å². The zero-order chi connectivity index (χ0) is 23.7. The van der Waals surface area contributed by atoms with Crippen LogP contribution in [0.5, 0.6) is 11.5 Å². The Morgan fingerprint density at radius 2 is 1.42 bits per heavy atom. The molecule has 0 bridgehead atoms. The predicted octanol–water partition coefficient (Wildman–Crippen LogP) is 5.84. The number of unbranched alkanes of at least 4 members (excludes halogenated alkanes) is 9. The number of phenolic OH excluding ortho intramolecular Hbond substituents is 2. The largest absolute Gasteiger partial charge is 0.508 e. The highest BCUT2D eigenvalue weighted by Gasteiger charge is 2.18.